The van der Waals surface area contributed by atoms with Gasteiger partial charge in [0, 0.05) is 31.7 Å². The first-order chi connectivity index (χ1) is 15.2. The van der Waals surface area contributed by atoms with E-state index in [1.54, 1.807) is 23.6 Å². The van der Waals surface area contributed by atoms with Crippen LogP contribution < -0.4 is 10.5 Å². The Kier molecular flexibility index (Phi) is 7.59. The number of morpholine rings is 1. The molecule has 3 heterocycles. The summed E-state index contributed by atoms with van der Waals surface area (Å²) in [5.74, 6) is 0.532. The number of carbonyl (C=O) groups excluding carboxylic acids is 1. The molecule has 2 unspecified atom stereocenters. The number of nitriles is 1. The van der Waals surface area contributed by atoms with Crippen LogP contribution in [0.15, 0.2) is 22.4 Å². The predicted octanol–water partition coefficient (Wildman–Crippen LogP) is 3.44. The molecule has 1 amide bonds. The van der Waals surface area contributed by atoms with Crippen LogP contribution in [0.2, 0.25) is 0 Å². The summed E-state index contributed by atoms with van der Waals surface area (Å²) in [6.07, 6.45) is 4.12. The number of nitrogens with zero attached hydrogens (tertiary/aromatic N) is 4. The Balaban J connectivity index is 2.27. The zero-order chi connectivity index (χ0) is 23.6. The number of pyridine rings is 1. The third kappa shape index (κ3) is 4.53. The van der Waals surface area contributed by atoms with Crippen molar-refractivity contribution in [2.45, 2.75) is 52.9 Å². The molecule has 0 saturated carbocycles. The van der Waals surface area contributed by atoms with Crippen molar-refractivity contribution in [3.05, 3.63) is 44.6 Å². The van der Waals surface area contributed by atoms with Crippen LogP contribution in [0.25, 0.3) is 6.08 Å². The molecule has 1 aromatic rings. The van der Waals surface area contributed by atoms with Gasteiger partial charge in [-0.15, -0.1) is 6.58 Å². The second kappa shape index (κ2) is 10.0. The van der Waals surface area contributed by atoms with Crippen molar-refractivity contribution in [2.24, 2.45) is 0 Å². The van der Waals surface area contributed by atoms with E-state index in [1.807, 2.05) is 20.8 Å². The number of rotatable bonds is 6. The molecule has 7 nitrogen and oxygen atoms in total. The first-order valence-corrected chi connectivity index (χ1v) is 11.9. The molecule has 2 aliphatic rings. The van der Waals surface area contributed by atoms with Gasteiger partial charge in [0.15, 0.2) is 0 Å². The molecule has 0 N–H and O–H groups in total. The van der Waals surface area contributed by atoms with Gasteiger partial charge < -0.3 is 9.64 Å². The van der Waals surface area contributed by atoms with Crippen LogP contribution in [-0.4, -0.2) is 51.5 Å². The third-order valence-electron chi connectivity index (χ3n) is 5.47. The van der Waals surface area contributed by atoms with Crippen LogP contribution >= 0.6 is 24.0 Å². The van der Waals surface area contributed by atoms with Gasteiger partial charge in [-0.3, -0.25) is 19.1 Å². The van der Waals surface area contributed by atoms with Crippen molar-refractivity contribution in [3.8, 4) is 6.07 Å². The molecule has 0 aliphatic carbocycles. The SMILES string of the molecule is C=CCN1C(=O)/C(=C\c2c(C)c(C#N)c(=O)n(CCC)c2N2CC(C)OC(C)C2)SC1=S. The summed E-state index contributed by atoms with van der Waals surface area (Å²) in [6, 6.07) is 2.08. The number of thiocarbonyl (C=S) groups is 1. The third-order valence-corrected chi connectivity index (χ3v) is 6.85. The van der Waals surface area contributed by atoms with Gasteiger partial charge in [-0.2, -0.15) is 5.26 Å². The van der Waals surface area contributed by atoms with Crippen molar-refractivity contribution in [2.75, 3.05) is 24.5 Å². The van der Waals surface area contributed by atoms with Gasteiger partial charge in [0.05, 0.1) is 17.1 Å². The smallest absolute Gasteiger partial charge is 0.270 e. The molecule has 0 bridgehead atoms. The van der Waals surface area contributed by atoms with Gasteiger partial charge in [0.1, 0.15) is 21.8 Å². The molecule has 3 rings (SSSR count). The van der Waals surface area contributed by atoms with E-state index in [0.717, 1.165) is 12.2 Å². The average molecular weight is 473 g/mol. The summed E-state index contributed by atoms with van der Waals surface area (Å²) in [5.41, 5.74) is 1.07. The highest BCUT2D eigenvalue weighted by Gasteiger charge is 2.33. The number of aromatic nitrogens is 1. The maximum absolute atomic E-state index is 13.2. The van der Waals surface area contributed by atoms with Crippen LogP contribution in [-0.2, 0) is 16.1 Å². The maximum Gasteiger partial charge on any atom is 0.270 e. The van der Waals surface area contributed by atoms with Gasteiger partial charge in [-0.05, 0) is 38.8 Å². The quantitative estimate of drug-likeness (QED) is 0.356. The highest BCUT2D eigenvalue weighted by atomic mass is 32.2. The number of amides is 1. The first-order valence-electron chi connectivity index (χ1n) is 10.7. The van der Waals surface area contributed by atoms with Crippen LogP contribution in [0.5, 0.6) is 0 Å². The summed E-state index contributed by atoms with van der Waals surface area (Å²) in [5, 5.41) is 9.74. The molecular weight excluding hydrogens is 444 g/mol. The van der Waals surface area contributed by atoms with E-state index < -0.39 is 0 Å². The highest BCUT2D eigenvalue weighted by molar-refractivity contribution is 8.26. The number of ether oxygens (including phenoxy) is 1. The number of hydrogen-bond donors (Lipinski definition) is 0. The molecule has 2 aliphatic heterocycles. The Morgan fingerprint density at radius 1 is 1.31 bits per heavy atom. The first kappa shape index (κ1) is 24.2. The van der Waals surface area contributed by atoms with Crippen molar-refractivity contribution < 1.29 is 9.53 Å². The molecule has 170 valence electrons. The minimum atomic E-state index is -0.301. The predicted molar refractivity (Wildman–Crippen MR) is 133 cm³/mol. The van der Waals surface area contributed by atoms with E-state index in [4.69, 9.17) is 17.0 Å². The number of hydrogen-bond acceptors (Lipinski definition) is 7. The van der Waals surface area contributed by atoms with E-state index >= 15 is 0 Å². The minimum absolute atomic E-state index is 0.0153. The average Bonchev–Trinajstić information content (AvgIpc) is 2.99. The summed E-state index contributed by atoms with van der Waals surface area (Å²) >= 11 is 6.61. The monoisotopic (exact) mass is 472 g/mol. The second-order valence-electron chi connectivity index (χ2n) is 8.05. The lowest BCUT2D eigenvalue weighted by atomic mass is 10.0. The van der Waals surface area contributed by atoms with Gasteiger partial charge in [-0.1, -0.05) is 37.0 Å². The molecule has 2 fully saturated rings. The maximum atomic E-state index is 13.2. The van der Waals surface area contributed by atoms with E-state index in [1.165, 1.54) is 16.7 Å². The van der Waals surface area contributed by atoms with Crippen LogP contribution in [0.1, 0.15) is 43.9 Å². The fraction of sp³-hybridized carbons (Fsp3) is 0.478. The zero-order valence-corrected chi connectivity index (χ0v) is 20.5. The molecule has 2 atom stereocenters. The normalized spacial score (nSPS) is 22.5. The fourth-order valence-electron chi connectivity index (χ4n) is 4.18. The van der Waals surface area contributed by atoms with E-state index in [-0.39, 0.29) is 29.2 Å². The van der Waals surface area contributed by atoms with Gasteiger partial charge in [0.25, 0.3) is 11.5 Å². The van der Waals surface area contributed by atoms with Crippen LogP contribution in [0.4, 0.5) is 5.82 Å². The number of carbonyl (C=O) groups is 1. The summed E-state index contributed by atoms with van der Waals surface area (Å²) < 4.78 is 8.04. The van der Waals surface area contributed by atoms with Gasteiger partial charge >= 0.3 is 0 Å². The van der Waals surface area contributed by atoms with Crippen molar-refractivity contribution in [3.63, 3.8) is 0 Å². The minimum Gasteiger partial charge on any atom is -0.372 e. The largest absolute Gasteiger partial charge is 0.372 e. The van der Waals surface area contributed by atoms with Crippen LogP contribution in [0, 0.1) is 18.3 Å². The number of thioether (sulfide) groups is 1. The molecule has 9 heteroatoms. The van der Waals surface area contributed by atoms with Crippen LogP contribution in [0.3, 0.4) is 0 Å². The van der Waals surface area contributed by atoms with Crippen molar-refractivity contribution >= 4 is 46.1 Å². The summed E-state index contributed by atoms with van der Waals surface area (Å²) in [6.45, 7) is 13.5. The Bertz CT molecular complexity index is 1080. The van der Waals surface area contributed by atoms with Gasteiger partial charge in [0.2, 0.25) is 0 Å². The molecule has 0 radical (unpaired) electrons. The summed E-state index contributed by atoms with van der Waals surface area (Å²) in [7, 11) is 0. The lowest BCUT2D eigenvalue weighted by Crippen LogP contribution is -2.48. The fourth-order valence-corrected chi connectivity index (χ4v) is 5.44. The molecule has 32 heavy (non-hydrogen) atoms. The Morgan fingerprint density at radius 3 is 2.53 bits per heavy atom. The second-order valence-corrected chi connectivity index (χ2v) is 9.72. The van der Waals surface area contributed by atoms with E-state index in [2.05, 4.69) is 17.5 Å². The number of anilines is 1. The highest BCUT2D eigenvalue weighted by Crippen LogP contribution is 2.36. The molecular formula is C23H28N4O3S2. The molecule has 2 saturated heterocycles. The van der Waals surface area contributed by atoms with E-state index in [0.29, 0.717) is 46.5 Å². The lowest BCUT2D eigenvalue weighted by molar-refractivity contribution is -0.121. The van der Waals surface area contributed by atoms with Crippen molar-refractivity contribution in [1.29, 1.82) is 5.26 Å². The molecule has 0 spiro atoms. The zero-order valence-electron chi connectivity index (χ0n) is 18.9. The summed E-state index contributed by atoms with van der Waals surface area (Å²) in [4.78, 5) is 30.3. The van der Waals surface area contributed by atoms with E-state index in [9.17, 15) is 14.9 Å². The Hall–Kier alpha value is -2.41. The molecule has 1 aromatic heterocycles. The van der Waals surface area contributed by atoms with Gasteiger partial charge in [-0.25, -0.2) is 0 Å². The Labute approximate surface area is 198 Å². The lowest BCUT2D eigenvalue weighted by Gasteiger charge is -2.39. The topological polar surface area (TPSA) is 78.6 Å². The Morgan fingerprint density at radius 2 is 1.97 bits per heavy atom. The van der Waals surface area contributed by atoms with Crippen molar-refractivity contribution in [1.82, 2.24) is 9.47 Å². The molecule has 0 aromatic carbocycles. The standard InChI is InChI=1S/C23H28N4O3S2/c1-6-8-26-20(25-12-14(3)30-15(4)13-25)17(16(5)18(11-24)21(26)28)10-19-22(29)27(9-7-2)23(31)32-19/h7,10,14-15H,2,6,8-9,12-13H2,1,3-5H3/b19-10+.